The van der Waals surface area contributed by atoms with Gasteiger partial charge in [0.1, 0.15) is 24.1 Å². The molecule has 4 nitrogen and oxygen atoms in total. The van der Waals surface area contributed by atoms with Gasteiger partial charge in [-0.15, -0.1) is 0 Å². The molecule has 0 saturated carbocycles. The third kappa shape index (κ3) is 2.30. The lowest BCUT2D eigenvalue weighted by Gasteiger charge is -2.20. The number of benzene rings is 1. The van der Waals surface area contributed by atoms with E-state index in [0.717, 1.165) is 11.4 Å². The van der Waals surface area contributed by atoms with Crippen LogP contribution < -0.4 is 4.74 Å². The van der Waals surface area contributed by atoms with Crippen LogP contribution in [-0.2, 0) is 5.41 Å². The van der Waals surface area contributed by atoms with Crippen molar-refractivity contribution in [1.82, 2.24) is 14.8 Å². The van der Waals surface area contributed by atoms with Crippen molar-refractivity contribution in [1.29, 1.82) is 0 Å². The molecule has 1 aromatic carbocycles. The monoisotopic (exact) mass is 231 g/mol. The topological polar surface area (TPSA) is 39.9 Å². The highest BCUT2D eigenvalue weighted by molar-refractivity contribution is 5.49. The zero-order valence-electron chi connectivity index (χ0n) is 10.6. The number of hydrogen-bond donors (Lipinski definition) is 0. The summed E-state index contributed by atoms with van der Waals surface area (Å²) in [7, 11) is 1.67. The predicted molar refractivity (Wildman–Crippen MR) is 66.6 cm³/mol. The van der Waals surface area contributed by atoms with Gasteiger partial charge in [-0.25, -0.2) is 9.67 Å². The molecular formula is C13H17N3O. The molecule has 0 aliphatic heterocycles. The van der Waals surface area contributed by atoms with Crippen molar-refractivity contribution in [2.75, 3.05) is 7.11 Å². The Kier molecular flexibility index (Phi) is 2.88. The Morgan fingerprint density at radius 3 is 2.53 bits per heavy atom. The van der Waals surface area contributed by atoms with Crippen LogP contribution in [0.1, 0.15) is 26.3 Å². The summed E-state index contributed by atoms with van der Waals surface area (Å²) >= 11 is 0. The minimum Gasteiger partial charge on any atom is -0.494 e. The van der Waals surface area contributed by atoms with Gasteiger partial charge in [-0.2, -0.15) is 5.10 Å². The molecular weight excluding hydrogens is 214 g/mol. The normalized spacial score (nSPS) is 11.5. The van der Waals surface area contributed by atoms with Crippen molar-refractivity contribution in [3.63, 3.8) is 0 Å². The molecule has 0 spiro atoms. The molecule has 4 heteroatoms. The van der Waals surface area contributed by atoms with Crippen LogP contribution in [0.5, 0.6) is 5.75 Å². The Morgan fingerprint density at radius 2 is 2.00 bits per heavy atom. The lowest BCUT2D eigenvalue weighted by atomic mass is 9.87. The van der Waals surface area contributed by atoms with Gasteiger partial charge in [-0.3, -0.25) is 0 Å². The van der Waals surface area contributed by atoms with Gasteiger partial charge in [0.05, 0.1) is 7.11 Å². The smallest absolute Gasteiger partial charge is 0.144 e. The largest absolute Gasteiger partial charge is 0.494 e. The first-order valence-corrected chi connectivity index (χ1v) is 5.56. The lowest BCUT2D eigenvalue weighted by Crippen LogP contribution is -2.11. The van der Waals surface area contributed by atoms with Gasteiger partial charge in [-0.05, 0) is 23.1 Å². The Bertz CT molecular complexity index is 498. The van der Waals surface area contributed by atoms with E-state index in [1.54, 1.807) is 18.1 Å². The van der Waals surface area contributed by atoms with E-state index in [1.165, 1.54) is 11.9 Å². The summed E-state index contributed by atoms with van der Waals surface area (Å²) in [4.78, 5) is 3.94. The van der Waals surface area contributed by atoms with Gasteiger partial charge in [0.2, 0.25) is 0 Å². The molecule has 90 valence electrons. The predicted octanol–water partition coefficient (Wildman–Crippen LogP) is 2.57. The second-order valence-corrected chi connectivity index (χ2v) is 4.98. The first-order valence-electron chi connectivity index (χ1n) is 5.56. The molecule has 2 aromatic rings. The van der Waals surface area contributed by atoms with Crippen LogP contribution in [0.2, 0.25) is 0 Å². The van der Waals surface area contributed by atoms with Crippen LogP contribution in [0, 0.1) is 0 Å². The fraction of sp³-hybridized carbons (Fsp3) is 0.385. The van der Waals surface area contributed by atoms with E-state index in [9.17, 15) is 0 Å². The van der Waals surface area contributed by atoms with Gasteiger partial charge < -0.3 is 4.74 Å². The summed E-state index contributed by atoms with van der Waals surface area (Å²) in [6, 6.07) is 6.16. The molecule has 0 atom stereocenters. The first-order chi connectivity index (χ1) is 8.02. The fourth-order valence-corrected chi connectivity index (χ4v) is 1.67. The van der Waals surface area contributed by atoms with Gasteiger partial charge in [0.15, 0.2) is 0 Å². The lowest BCUT2D eigenvalue weighted by molar-refractivity contribution is 0.409. The van der Waals surface area contributed by atoms with Crippen LogP contribution in [0.4, 0.5) is 0 Å². The summed E-state index contributed by atoms with van der Waals surface area (Å²) in [6.07, 6.45) is 3.17. The Morgan fingerprint density at radius 1 is 1.24 bits per heavy atom. The summed E-state index contributed by atoms with van der Waals surface area (Å²) < 4.78 is 7.12. The second kappa shape index (κ2) is 4.20. The van der Waals surface area contributed by atoms with Crippen molar-refractivity contribution in [3.05, 3.63) is 36.4 Å². The average Bonchev–Trinajstić information content (AvgIpc) is 2.80. The zero-order chi connectivity index (χ0) is 12.5. The van der Waals surface area contributed by atoms with E-state index in [1.807, 2.05) is 6.07 Å². The molecule has 0 unspecified atom stereocenters. The molecule has 0 bridgehead atoms. The van der Waals surface area contributed by atoms with Crippen molar-refractivity contribution < 1.29 is 4.74 Å². The molecule has 0 aliphatic carbocycles. The molecule has 2 rings (SSSR count). The summed E-state index contributed by atoms with van der Waals surface area (Å²) in [5.41, 5.74) is 2.24. The van der Waals surface area contributed by atoms with E-state index in [4.69, 9.17) is 4.74 Å². The molecule has 0 aliphatic rings. The average molecular weight is 231 g/mol. The van der Waals surface area contributed by atoms with Crippen LogP contribution >= 0.6 is 0 Å². The minimum absolute atomic E-state index is 0.105. The number of nitrogens with zero attached hydrogens (tertiary/aromatic N) is 3. The molecule has 0 radical (unpaired) electrons. The maximum atomic E-state index is 5.42. The maximum absolute atomic E-state index is 5.42. The van der Waals surface area contributed by atoms with Crippen LogP contribution in [0.15, 0.2) is 30.9 Å². The highest BCUT2D eigenvalue weighted by Crippen LogP contribution is 2.29. The fourth-order valence-electron chi connectivity index (χ4n) is 1.67. The third-order valence-corrected chi connectivity index (χ3v) is 2.71. The summed E-state index contributed by atoms with van der Waals surface area (Å²) in [5, 5.41) is 4.11. The van der Waals surface area contributed by atoms with E-state index in [0.29, 0.717) is 0 Å². The van der Waals surface area contributed by atoms with Gasteiger partial charge in [-0.1, -0.05) is 26.8 Å². The molecule has 1 heterocycles. The second-order valence-electron chi connectivity index (χ2n) is 4.98. The number of rotatable bonds is 2. The standard InChI is InChI=1S/C13H17N3O/c1-13(2,3)10-5-6-11(12(7-10)17-4)16-9-14-8-15-16/h5-9H,1-4H3. The van der Waals surface area contributed by atoms with E-state index >= 15 is 0 Å². The van der Waals surface area contributed by atoms with Gasteiger partial charge >= 0.3 is 0 Å². The summed E-state index contributed by atoms with van der Waals surface area (Å²) in [5.74, 6) is 0.808. The highest BCUT2D eigenvalue weighted by Gasteiger charge is 2.16. The minimum atomic E-state index is 0.105. The molecule has 17 heavy (non-hydrogen) atoms. The number of methoxy groups -OCH3 is 1. The van der Waals surface area contributed by atoms with E-state index < -0.39 is 0 Å². The first kappa shape index (κ1) is 11.6. The van der Waals surface area contributed by atoms with Crippen molar-refractivity contribution in [3.8, 4) is 11.4 Å². The molecule has 0 fully saturated rings. The zero-order valence-corrected chi connectivity index (χ0v) is 10.6. The number of hydrogen-bond acceptors (Lipinski definition) is 3. The highest BCUT2D eigenvalue weighted by atomic mass is 16.5. The third-order valence-electron chi connectivity index (χ3n) is 2.71. The Labute approximate surface area is 101 Å². The Balaban J connectivity index is 2.50. The molecule has 0 N–H and O–H groups in total. The van der Waals surface area contributed by atoms with E-state index in [-0.39, 0.29) is 5.41 Å². The summed E-state index contributed by atoms with van der Waals surface area (Å²) in [6.45, 7) is 6.53. The molecule has 1 aromatic heterocycles. The van der Waals surface area contributed by atoms with E-state index in [2.05, 4.69) is 43.0 Å². The molecule has 0 saturated heterocycles. The number of ether oxygens (including phenoxy) is 1. The number of aromatic nitrogens is 3. The van der Waals surface area contributed by atoms with Crippen LogP contribution in [-0.4, -0.2) is 21.9 Å². The van der Waals surface area contributed by atoms with Crippen molar-refractivity contribution in [2.24, 2.45) is 0 Å². The SMILES string of the molecule is COc1cc(C(C)(C)C)ccc1-n1cncn1. The Hall–Kier alpha value is -1.84. The van der Waals surface area contributed by atoms with Gasteiger partial charge in [0.25, 0.3) is 0 Å². The van der Waals surface area contributed by atoms with Crippen molar-refractivity contribution in [2.45, 2.75) is 26.2 Å². The van der Waals surface area contributed by atoms with Gasteiger partial charge in [0, 0.05) is 0 Å². The van der Waals surface area contributed by atoms with Crippen molar-refractivity contribution >= 4 is 0 Å². The quantitative estimate of drug-likeness (QED) is 0.797. The van der Waals surface area contributed by atoms with Crippen LogP contribution in [0.3, 0.4) is 0 Å². The molecule has 0 amide bonds. The maximum Gasteiger partial charge on any atom is 0.144 e. The van der Waals surface area contributed by atoms with Crippen LogP contribution in [0.25, 0.3) is 5.69 Å².